The lowest BCUT2D eigenvalue weighted by Gasteiger charge is -2.20. The minimum Gasteiger partial charge on any atom is -0.464 e. The monoisotopic (exact) mass is 307 g/mol. The number of carbonyl (C=O) groups is 1. The lowest BCUT2D eigenvalue weighted by Crippen LogP contribution is -2.23. The summed E-state index contributed by atoms with van der Waals surface area (Å²) in [5.41, 5.74) is 2.43. The molecule has 1 unspecified atom stereocenters. The van der Waals surface area contributed by atoms with Crippen LogP contribution >= 0.6 is 0 Å². The summed E-state index contributed by atoms with van der Waals surface area (Å²) in [6.07, 6.45) is -1.27. The standard InChI is InChI=1S/C17H13N3O3/c18-11-15-10-16(19-23-15)12-5-4-8-14(9-12)20(17(21)22)13-6-2-1-3-7-13/h1-9,15H,10H2,(H,21,22). The Balaban J connectivity index is 1.95. The number of hydrogen-bond acceptors (Lipinski definition) is 4. The van der Waals surface area contributed by atoms with E-state index in [-0.39, 0.29) is 0 Å². The Labute approximate surface area is 132 Å². The first-order valence-electron chi connectivity index (χ1n) is 7.00. The van der Waals surface area contributed by atoms with Crippen LogP contribution in [0.2, 0.25) is 0 Å². The lowest BCUT2D eigenvalue weighted by atomic mass is 10.0. The summed E-state index contributed by atoms with van der Waals surface area (Å²) in [5, 5.41) is 22.3. The summed E-state index contributed by atoms with van der Waals surface area (Å²) in [7, 11) is 0. The fourth-order valence-corrected chi connectivity index (χ4v) is 2.39. The Morgan fingerprint density at radius 1 is 1.22 bits per heavy atom. The molecule has 0 saturated carbocycles. The van der Waals surface area contributed by atoms with Crippen LogP contribution < -0.4 is 4.90 Å². The summed E-state index contributed by atoms with van der Waals surface area (Å²) >= 11 is 0. The molecule has 0 aromatic heterocycles. The number of amides is 1. The lowest BCUT2D eigenvalue weighted by molar-refractivity contribution is 0.125. The molecule has 0 radical (unpaired) electrons. The van der Waals surface area contributed by atoms with E-state index in [0.29, 0.717) is 23.5 Å². The van der Waals surface area contributed by atoms with Gasteiger partial charge in [-0.2, -0.15) is 5.26 Å². The first kappa shape index (κ1) is 14.6. The van der Waals surface area contributed by atoms with E-state index < -0.39 is 12.2 Å². The van der Waals surface area contributed by atoms with Crippen LogP contribution in [0.4, 0.5) is 16.2 Å². The second-order valence-electron chi connectivity index (χ2n) is 4.97. The molecule has 0 spiro atoms. The van der Waals surface area contributed by atoms with Crippen molar-refractivity contribution in [2.45, 2.75) is 12.5 Å². The van der Waals surface area contributed by atoms with Crippen molar-refractivity contribution in [3.05, 3.63) is 60.2 Å². The van der Waals surface area contributed by atoms with Crippen molar-refractivity contribution in [1.29, 1.82) is 5.26 Å². The molecule has 1 N–H and O–H groups in total. The summed E-state index contributed by atoms with van der Waals surface area (Å²) < 4.78 is 0. The fraction of sp³-hybridized carbons (Fsp3) is 0.118. The molecule has 1 heterocycles. The van der Waals surface area contributed by atoms with Gasteiger partial charge in [-0.05, 0) is 24.3 Å². The highest BCUT2D eigenvalue weighted by Crippen LogP contribution is 2.27. The van der Waals surface area contributed by atoms with Crippen LogP contribution in [0.5, 0.6) is 0 Å². The zero-order chi connectivity index (χ0) is 16.2. The van der Waals surface area contributed by atoms with E-state index in [0.717, 1.165) is 5.56 Å². The smallest absolute Gasteiger partial charge is 0.416 e. The van der Waals surface area contributed by atoms with Crippen LogP contribution in [0.1, 0.15) is 12.0 Å². The molecule has 6 nitrogen and oxygen atoms in total. The van der Waals surface area contributed by atoms with Crippen molar-refractivity contribution in [3.8, 4) is 6.07 Å². The molecular weight excluding hydrogens is 294 g/mol. The van der Waals surface area contributed by atoms with Crippen LogP contribution in [0, 0.1) is 11.3 Å². The van der Waals surface area contributed by atoms with Crippen molar-refractivity contribution in [2.24, 2.45) is 5.16 Å². The van der Waals surface area contributed by atoms with Gasteiger partial charge in [0.25, 0.3) is 0 Å². The second-order valence-corrected chi connectivity index (χ2v) is 4.97. The van der Waals surface area contributed by atoms with Gasteiger partial charge in [-0.25, -0.2) is 9.69 Å². The maximum atomic E-state index is 11.7. The van der Waals surface area contributed by atoms with Gasteiger partial charge >= 0.3 is 6.09 Å². The van der Waals surface area contributed by atoms with Gasteiger partial charge < -0.3 is 9.94 Å². The number of rotatable bonds is 3. The molecule has 114 valence electrons. The number of anilines is 2. The molecule has 0 saturated heterocycles. The number of oxime groups is 1. The van der Waals surface area contributed by atoms with E-state index in [1.165, 1.54) is 4.90 Å². The van der Waals surface area contributed by atoms with Gasteiger partial charge in [0.1, 0.15) is 6.07 Å². The van der Waals surface area contributed by atoms with Gasteiger partial charge in [0.15, 0.2) is 0 Å². The van der Waals surface area contributed by atoms with E-state index in [1.54, 1.807) is 42.5 Å². The van der Waals surface area contributed by atoms with E-state index in [2.05, 4.69) is 5.16 Å². The van der Waals surface area contributed by atoms with Crippen LogP contribution in [0.25, 0.3) is 0 Å². The van der Waals surface area contributed by atoms with Gasteiger partial charge in [0.2, 0.25) is 6.10 Å². The number of para-hydroxylation sites is 1. The molecule has 23 heavy (non-hydrogen) atoms. The highest BCUT2D eigenvalue weighted by Gasteiger charge is 2.23. The number of carboxylic acid groups (broad SMARTS) is 1. The zero-order valence-electron chi connectivity index (χ0n) is 12.1. The molecule has 2 aromatic rings. The fourth-order valence-electron chi connectivity index (χ4n) is 2.39. The molecule has 1 atom stereocenters. The predicted octanol–water partition coefficient (Wildman–Crippen LogP) is 3.52. The maximum absolute atomic E-state index is 11.7. The van der Waals surface area contributed by atoms with E-state index in [1.807, 2.05) is 18.2 Å². The average Bonchev–Trinajstić information content (AvgIpc) is 3.05. The van der Waals surface area contributed by atoms with Crippen LogP contribution in [0.15, 0.2) is 59.8 Å². The summed E-state index contributed by atoms with van der Waals surface area (Å²) in [4.78, 5) is 17.9. The average molecular weight is 307 g/mol. The van der Waals surface area contributed by atoms with Crippen molar-refractivity contribution >= 4 is 23.2 Å². The molecule has 2 aromatic carbocycles. The molecule has 0 aliphatic carbocycles. The van der Waals surface area contributed by atoms with Crippen molar-refractivity contribution in [1.82, 2.24) is 0 Å². The molecule has 1 aliphatic heterocycles. The van der Waals surface area contributed by atoms with Crippen molar-refractivity contribution < 1.29 is 14.7 Å². The SMILES string of the molecule is N#CC1CC(c2cccc(N(C(=O)O)c3ccccc3)c2)=NO1. The molecule has 1 aliphatic rings. The second kappa shape index (κ2) is 6.20. The summed E-state index contributed by atoms with van der Waals surface area (Å²) in [6, 6.07) is 17.8. The van der Waals surface area contributed by atoms with Crippen LogP contribution in [0.3, 0.4) is 0 Å². The Kier molecular flexibility index (Phi) is 3.93. The normalized spacial score (nSPS) is 16.1. The third-order valence-corrected chi connectivity index (χ3v) is 3.46. The maximum Gasteiger partial charge on any atom is 0.416 e. The Morgan fingerprint density at radius 2 is 1.96 bits per heavy atom. The highest BCUT2D eigenvalue weighted by atomic mass is 16.6. The largest absolute Gasteiger partial charge is 0.464 e. The topological polar surface area (TPSA) is 85.9 Å². The predicted molar refractivity (Wildman–Crippen MR) is 84.7 cm³/mol. The molecule has 3 rings (SSSR count). The first-order valence-corrected chi connectivity index (χ1v) is 7.00. The molecule has 0 bridgehead atoms. The highest BCUT2D eigenvalue weighted by molar-refractivity contribution is 6.03. The minimum atomic E-state index is -1.08. The van der Waals surface area contributed by atoms with Crippen LogP contribution in [-0.2, 0) is 4.84 Å². The zero-order valence-corrected chi connectivity index (χ0v) is 12.1. The third-order valence-electron chi connectivity index (χ3n) is 3.46. The number of nitriles is 1. The third kappa shape index (κ3) is 2.99. The summed E-state index contributed by atoms with van der Waals surface area (Å²) in [6.45, 7) is 0. The van der Waals surface area contributed by atoms with Gasteiger partial charge in [-0.3, -0.25) is 0 Å². The van der Waals surface area contributed by atoms with Gasteiger partial charge in [-0.1, -0.05) is 35.5 Å². The summed E-state index contributed by atoms with van der Waals surface area (Å²) in [5.74, 6) is 0. The van der Waals surface area contributed by atoms with E-state index in [9.17, 15) is 9.90 Å². The Hall–Kier alpha value is -3.33. The quantitative estimate of drug-likeness (QED) is 0.940. The van der Waals surface area contributed by atoms with Crippen molar-refractivity contribution in [3.63, 3.8) is 0 Å². The number of nitrogens with zero attached hydrogens (tertiary/aromatic N) is 3. The Morgan fingerprint density at radius 3 is 2.61 bits per heavy atom. The van der Waals surface area contributed by atoms with E-state index in [4.69, 9.17) is 10.1 Å². The number of benzene rings is 2. The molecule has 6 heteroatoms. The van der Waals surface area contributed by atoms with Gasteiger partial charge in [0, 0.05) is 12.0 Å². The van der Waals surface area contributed by atoms with Crippen molar-refractivity contribution in [2.75, 3.05) is 4.90 Å². The number of hydrogen-bond donors (Lipinski definition) is 1. The minimum absolute atomic E-state index is 0.387. The molecular formula is C17H13N3O3. The van der Waals surface area contributed by atoms with Gasteiger partial charge in [0.05, 0.1) is 17.1 Å². The van der Waals surface area contributed by atoms with Crippen LogP contribution in [-0.4, -0.2) is 23.0 Å². The molecule has 1 amide bonds. The van der Waals surface area contributed by atoms with Gasteiger partial charge in [-0.15, -0.1) is 0 Å². The molecule has 0 fully saturated rings. The van der Waals surface area contributed by atoms with E-state index >= 15 is 0 Å². The Bertz CT molecular complexity index is 796. The first-order chi connectivity index (χ1) is 11.2.